The van der Waals surface area contributed by atoms with Gasteiger partial charge in [-0.25, -0.2) is 9.18 Å². The minimum absolute atomic E-state index is 0.194. The maximum absolute atomic E-state index is 15.6. The maximum atomic E-state index is 15.6. The Balaban J connectivity index is 1.48. The predicted molar refractivity (Wildman–Crippen MR) is 150 cm³/mol. The number of fused-ring (bicyclic) bond motifs is 5. The first-order valence-corrected chi connectivity index (χ1v) is 14.3. The summed E-state index contributed by atoms with van der Waals surface area (Å²) >= 11 is 0. The molecule has 0 radical (unpaired) electrons. The molecule has 208 valence electrons. The van der Waals surface area contributed by atoms with Gasteiger partial charge in [0.15, 0.2) is 0 Å². The Morgan fingerprint density at radius 2 is 1.82 bits per heavy atom. The van der Waals surface area contributed by atoms with Gasteiger partial charge in [0, 0.05) is 68.2 Å². The van der Waals surface area contributed by atoms with Gasteiger partial charge in [0.05, 0.1) is 31.6 Å². The molecule has 1 aromatic heterocycles. The van der Waals surface area contributed by atoms with E-state index in [1.54, 1.807) is 19.2 Å². The summed E-state index contributed by atoms with van der Waals surface area (Å²) in [4.78, 5) is 16.9. The molecule has 0 bridgehead atoms. The van der Waals surface area contributed by atoms with Crippen molar-refractivity contribution in [3.8, 4) is 17.0 Å². The number of methoxy groups -OCH3 is 1. The summed E-state index contributed by atoms with van der Waals surface area (Å²) in [7, 11) is 1.69. The molecule has 8 heteroatoms. The minimum Gasteiger partial charge on any atom is -0.497 e. The van der Waals surface area contributed by atoms with Crippen LogP contribution in [0.4, 0.5) is 4.39 Å². The molecule has 2 atom stereocenters. The number of hydrogen-bond acceptors (Lipinski definition) is 5. The van der Waals surface area contributed by atoms with E-state index in [4.69, 9.17) is 9.47 Å². The summed E-state index contributed by atoms with van der Waals surface area (Å²) in [6.07, 6.45) is 2.42. The number of hydrogen-bond donors (Lipinski definition) is 1. The van der Waals surface area contributed by atoms with Crippen LogP contribution in [0.2, 0.25) is 0 Å². The average molecular weight is 536 g/mol. The number of aromatic carboxylic acids is 1. The van der Waals surface area contributed by atoms with Crippen molar-refractivity contribution in [2.75, 3.05) is 53.0 Å². The molecule has 2 aliphatic heterocycles. The second-order valence-electron chi connectivity index (χ2n) is 11.1. The molecule has 2 fully saturated rings. The number of carboxylic acid groups (broad SMARTS) is 1. The molecule has 0 spiro atoms. The third-order valence-corrected chi connectivity index (χ3v) is 8.84. The fraction of sp³-hybridized carbons (Fsp3) is 0.516. The van der Waals surface area contributed by atoms with Gasteiger partial charge < -0.3 is 19.1 Å². The summed E-state index contributed by atoms with van der Waals surface area (Å²) < 4.78 is 29.0. The number of benzene rings is 2. The minimum atomic E-state index is -0.946. The SMILES string of the molecule is COc1ccc2c(c1)CN(CCN1CCOCC1)CCn1c-2c([C@@H]2CCCC[C@H]2F)c2ccc(C(=O)O)cc21. The molecule has 0 unspecified atom stereocenters. The number of ether oxygens (including phenoxy) is 2. The first-order chi connectivity index (χ1) is 19.0. The van der Waals surface area contributed by atoms with E-state index in [-0.39, 0.29) is 11.5 Å². The summed E-state index contributed by atoms with van der Waals surface area (Å²) in [5, 5.41) is 10.8. The van der Waals surface area contributed by atoms with Crippen molar-refractivity contribution in [2.24, 2.45) is 0 Å². The van der Waals surface area contributed by atoms with Gasteiger partial charge in [0.1, 0.15) is 11.9 Å². The van der Waals surface area contributed by atoms with Crippen molar-refractivity contribution < 1.29 is 23.8 Å². The molecule has 1 saturated heterocycles. The van der Waals surface area contributed by atoms with E-state index >= 15 is 4.39 Å². The zero-order chi connectivity index (χ0) is 26.9. The first-order valence-electron chi connectivity index (χ1n) is 14.3. The second kappa shape index (κ2) is 11.3. The van der Waals surface area contributed by atoms with Crippen LogP contribution in [0.15, 0.2) is 36.4 Å². The molecular weight excluding hydrogens is 497 g/mol. The Bertz CT molecular complexity index is 1350. The average Bonchev–Trinajstić information content (AvgIpc) is 3.26. The van der Waals surface area contributed by atoms with Crippen LogP contribution in [0.25, 0.3) is 22.2 Å². The van der Waals surface area contributed by atoms with Crippen molar-refractivity contribution in [2.45, 2.75) is 50.9 Å². The molecule has 1 N–H and O–H groups in total. The topological polar surface area (TPSA) is 67.2 Å². The summed E-state index contributed by atoms with van der Waals surface area (Å²) in [6.45, 7) is 7.69. The van der Waals surface area contributed by atoms with E-state index in [1.807, 2.05) is 12.1 Å². The molecule has 39 heavy (non-hydrogen) atoms. The number of carboxylic acids is 1. The lowest BCUT2D eigenvalue weighted by molar-refractivity contribution is 0.0327. The number of halogens is 1. The monoisotopic (exact) mass is 535 g/mol. The lowest BCUT2D eigenvalue weighted by atomic mass is 9.80. The van der Waals surface area contributed by atoms with Crippen LogP contribution in [-0.2, 0) is 17.8 Å². The fourth-order valence-electron chi connectivity index (χ4n) is 6.74. The first kappa shape index (κ1) is 26.3. The summed E-state index contributed by atoms with van der Waals surface area (Å²) in [5.41, 5.74) is 5.49. The Kier molecular flexibility index (Phi) is 7.60. The number of aromatic nitrogens is 1. The van der Waals surface area contributed by atoms with Gasteiger partial charge in [-0.3, -0.25) is 9.80 Å². The van der Waals surface area contributed by atoms with Gasteiger partial charge in [0.25, 0.3) is 0 Å². The Hall–Kier alpha value is -2.94. The molecule has 2 aromatic carbocycles. The molecule has 1 saturated carbocycles. The molecular formula is C31H38FN3O4. The lowest BCUT2D eigenvalue weighted by Gasteiger charge is -2.33. The number of rotatable bonds is 6. The normalized spacial score (nSPS) is 22.6. The molecule has 6 rings (SSSR count). The number of nitrogens with zero attached hydrogens (tertiary/aromatic N) is 3. The van der Waals surface area contributed by atoms with E-state index in [0.29, 0.717) is 13.0 Å². The van der Waals surface area contributed by atoms with Crippen LogP contribution < -0.4 is 4.74 Å². The standard InChI is InChI=1S/C31H38FN3O4/c1-38-23-7-9-24-22(18-23)20-34(11-10-33-14-16-39-17-15-33)12-13-35-28-19-21(31(36)37)6-8-26(28)29(30(24)35)25-4-2-3-5-27(25)32/h6-9,18-19,25,27H,2-5,10-17,20H2,1H3,(H,36,37)/t25-,27-/m1/s1. The van der Waals surface area contributed by atoms with Gasteiger partial charge in [-0.1, -0.05) is 18.9 Å². The van der Waals surface area contributed by atoms with Crippen molar-refractivity contribution in [1.82, 2.24) is 14.4 Å². The van der Waals surface area contributed by atoms with Crippen LogP contribution in [-0.4, -0.2) is 84.7 Å². The van der Waals surface area contributed by atoms with E-state index in [0.717, 1.165) is 111 Å². The molecule has 3 aromatic rings. The van der Waals surface area contributed by atoms with Crippen LogP contribution in [0.5, 0.6) is 5.75 Å². The van der Waals surface area contributed by atoms with Crippen molar-refractivity contribution in [3.05, 3.63) is 53.1 Å². The molecule has 1 aliphatic carbocycles. The molecule has 3 aliphatic rings. The van der Waals surface area contributed by atoms with Gasteiger partial charge in [-0.15, -0.1) is 0 Å². The van der Waals surface area contributed by atoms with Crippen molar-refractivity contribution in [3.63, 3.8) is 0 Å². The Labute approximate surface area is 229 Å². The molecule has 0 amide bonds. The third-order valence-electron chi connectivity index (χ3n) is 8.84. The third kappa shape index (κ3) is 5.17. The highest BCUT2D eigenvalue weighted by molar-refractivity contribution is 5.98. The van der Waals surface area contributed by atoms with Gasteiger partial charge in [-0.2, -0.15) is 0 Å². The molecule has 3 heterocycles. The highest BCUT2D eigenvalue weighted by Crippen LogP contribution is 2.47. The van der Waals surface area contributed by atoms with E-state index in [1.165, 1.54) is 0 Å². The Morgan fingerprint density at radius 1 is 1.03 bits per heavy atom. The van der Waals surface area contributed by atoms with Crippen LogP contribution in [0, 0.1) is 0 Å². The van der Waals surface area contributed by atoms with E-state index in [2.05, 4.69) is 26.5 Å². The lowest BCUT2D eigenvalue weighted by Crippen LogP contribution is -2.42. The molecule has 7 nitrogen and oxygen atoms in total. The van der Waals surface area contributed by atoms with Gasteiger partial charge in [-0.05, 0) is 54.3 Å². The van der Waals surface area contributed by atoms with Crippen LogP contribution in [0.1, 0.15) is 53.1 Å². The predicted octanol–water partition coefficient (Wildman–Crippen LogP) is 5.16. The summed E-state index contributed by atoms with van der Waals surface area (Å²) in [6, 6.07) is 11.6. The fourth-order valence-corrected chi connectivity index (χ4v) is 6.74. The van der Waals surface area contributed by atoms with Gasteiger partial charge >= 0.3 is 5.97 Å². The number of carbonyl (C=O) groups is 1. The quantitative estimate of drug-likeness (QED) is 0.471. The van der Waals surface area contributed by atoms with E-state index in [9.17, 15) is 9.90 Å². The van der Waals surface area contributed by atoms with Crippen LogP contribution in [0.3, 0.4) is 0 Å². The van der Waals surface area contributed by atoms with Crippen LogP contribution >= 0.6 is 0 Å². The highest BCUT2D eigenvalue weighted by atomic mass is 19.1. The van der Waals surface area contributed by atoms with Crippen molar-refractivity contribution in [1.29, 1.82) is 0 Å². The smallest absolute Gasteiger partial charge is 0.335 e. The maximum Gasteiger partial charge on any atom is 0.335 e. The van der Waals surface area contributed by atoms with E-state index < -0.39 is 12.1 Å². The zero-order valence-electron chi connectivity index (χ0n) is 22.7. The largest absolute Gasteiger partial charge is 0.497 e. The van der Waals surface area contributed by atoms with Gasteiger partial charge in [0.2, 0.25) is 0 Å². The summed E-state index contributed by atoms with van der Waals surface area (Å²) in [5.74, 6) is -0.334. The number of alkyl halides is 1. The number of morpholine rings is 1. The van der Waals surface area contributed by atoms with Crippen molar-refractivity contribution >= 4 is 16.9 Å². The highest BCUT2D eigenvalue weighted by Gasteiger charge is 2.34. The zero-order valence-corrected chi connectivity index (χ0v) is 22.7. The Morgan fingerprint density at radius 3 is 2.59 bits per heavy atom. The second-order valence-corrected chi connectivity index (χ2v) is 11.1.